The molecule has 1 aromatic heterocycles. The van der Waals surface area contributed by atoms with Crippen LogP contribution in [0.5, 0.6) is 5.75 Å². The van der Waals surface area contributed by atoms with Crippen LogP contribution in [0.25, 0.3) is 0 Å². The van der Waals surface area contributed by atoms with Gasteiger partial charge in [-0.1, -0.05) is 15.9 Å². The maximum absolute atomic E-state index is 11.1. The monoisotopic (exact) mass is 400 g/mol. The maximum Gasteiger partial charge on any atom is 0.153 e. The predicted molar refractivity (Wildman–Crippen MR) is 84.2 cm³/mol. The Labute approximate surface area is 134 Å². The summed E-state index contributed by atoms with van der Waals surface area (Å²) in [6.07, 6.45) is 0.789. The Hall–Kier alpha value is -1.14. The summed E-state index contributed by atoms with van der Waals surface area (Å²) >= 11 is 6.86. The van der Waals surface area contributed by atoms with Gasteiger partial charge in [-0.05, 0) is 48.0 Å². The average Bonchev–Trinajstić information content (AvgIpc) is 2.72. The molecule has 2 aromatic rings. The van der Waals surface area contributed by atoms with Crippen molar-refractivity contribution in [1.82, 2.24) is 9.78 Å². The van der Waals surface area contributed by atoms with E-state index in [-0.39, 0.29) is 0 Å². The number of benzene rings is 1. The molecular formula is C14H14Br2N2O2. The van der Waals surface area contributed by atoms with Crippen molar-refractivity contribution in [3.05, 3.63) is 44.1 Å². The van der Waals surface area contributed by atoms with Crippen molar-refractivity contribution in [3.8, 4) is 5.75 Å². The van der Waals surface area contributed by atoms with Crippen molar-refractivity contribution in [1.29, 1.82) is 0 Å². The number of ether oxygens (including phenoxy) is 1. The number of aromatic nitrogens is 2. The summed E-state index contributed by atoms with van der Waals surface area (Å²) in [5.74, 6) is 0.566. The van der Waals surface area contributed by atoms with E-state index >= 15 is 0 Å². The normalized spacial score (nSPS) is 10.6. The van der Waals surface area contributed by atoms with Crippen molar-refractivity contribution in [2.75, 3.05) is 0 Å². The average molecular weight is 402 g/mol. The van der Waals surface area contributed by atoms with E-state index in [9.17, 15) is 4.79 Å². The summed E-state index contributed by atoms with van der Waals surface area (Å²) in [6.45, 7) is 5.10. The van der Waals surface area contributed by atoms with Crippen LogP contribution < -0.4 is 4.74 Å². The van der Waals surface area contributed by atoms with E-state index in [0.717, 1.165) is 33.2 Å². The van der Waals surface area contributed by atoms with Crippen LogP contribution in [0, 0.1) is 6.92 Å². The van der Waals surface area contributed by atoms with Crippen molar-refractivity contribution in [2.45, 2.75) is 27.0 Å². The lowest BCUT2D eigenvalue weighted by Gasteiger charge is -2.10. The molecule has 1 aromatic carbocycles. The van der Waals surface area contributed by atoms with E-state index < -0.39 is 0 Å². The Morgan fingerprint density at radius 3 is 2.80 bits per heavy atom. The predicted octanol–water partition coefficient (Wildman–Crippen LogP) is 4.13. The third-order valence-electron chi connectivity index (χ3n) is 2.92. The van der Waals surface area contributed by atoms with Gasteiger partial charge in [0.1, 0.15) is 12.4 Å². The summed E-state index contributed by atoms with van der Waals surface area (Å²) < 4.78 is 9.45. The zero-order valence-electron chi connectivity index (χ0n) is 11.2. The molecule has 0 amide bonds. The summed E-state index contributed by atoms with van der Waals surface area (Å²) in [6, 6.07) is 5.36. The summed E-state index contributed by atoms with van der Waals surface area (Å²) in [5, 5.41) is 4.41. The van der Waals surface area contributed by atoms with Crippen LogP contribution in [0.3, 0.4) is 0 Å². The molecule has 0 aliphatic heterocycles. The fourth-order valence-corrected chi connectivity index (χ4v) is 2.67. The van der Waals surface area contributed by atoms with Gasteiger partial charge < -0.3 is 4.74 Å². The molecule has 0 atom stereocenters. The number of carbonyl (C=O) groups excluding carboxylic acids is 1. The summed E-state index contributed by atoms with van der Waals surface area (Å²) in [7, 11) is 0. The molecule has 2 rings (SSSR count). The molecule has 1 heterocycles. The number of hydrogen-bond donors (Lipinski definition) is 0. The Morgan fingerprint density at radius 2 is 2.15 bits per heavy atom. The number of aldehydes is 1. The van der Waals surface area contributed by atoms with E-state index in [1.807, 2.05) is 24.6 Å². The molecule has 0 N–H and O–H groups in total. The smallest absolute Gasteiger partial charge is 0.153 e. The minimum atomic E-state index is 0.359. The third kappa shape index (κ3) is 3.12. The number of nitrogens with zero attached hydrogens (tertiary/aromatic N) is 2. The minimum absolute atomic E-state index is 0.359. The van der Waals surface area contributed by atoms with Crippen LogP contribution in [-0.4, -0.2) is 16.1 Å². The second kappa shape index (κ2) is 6.54. The lowest BCUT2D eigenvalue weighted by molar-refractivity contribution is 0.111. The molecule has 0 radical (unpaired) electrons. The zero-order chi connectivity index (χ0) is 14.7. The molecular weight excluding hydrogens is 388 g/mol. The lowest BCUT2D eigenvalue weighted by atomic mass is 10.2. The van der Waals surface area contributed by atoms with Gasteiger partial charge in [-0.15, -0.1) is 0 Å². The van der Waals surface area contributed by atoms with Crippen molar-refractivity contribution in [2.24, 2.45) is 0 Å². The van der Waals surface area contributed by atoms with Gasteiger partial charge in [-0.2, -0.15) is 5.10 Å². The Kier molecular flexibility index (Phi) is 4.99. The number of carbonyl (C=O) groups is 1. The molecule has 0 aliphatic rings. The topological polar surface area (TPSA) is 44.1 Å². The van der Waals surface area contributed by atoms with E-state index in [1.165, 1.54) is 0 Å². The van der Waals surface area contributed by atoms with Gasteiger partial charge >= 0.3 is 0 Å². The lowest BCUT2D eigenvalue weighted by Crippen LogP contribution is -2.07. The highest BCUT2D eigenvalue weighted by Gasteiger charge is 2.13. The summed E-state index contributed by atoms with van der Waals surface area (Å²) in [4.78, 5) is 11.1. The number of halogens is 2. The number of aryl methyl sites for hydroxylation is 2. The second-order valence-corrected chi connectivity index (χ2v) is 5.96. The number of rotatable bonds is 5. The molecule has 0 saturated heterocycles. The molecule has 0 spiro atoms. The first kappa shape index (κ1) is 15.3. The van der Waals surface area contributed by atoms with Crippen molar-refractivity contribution < 1.29 is 9.53 Å². The Bertz CT molecular complexity index is 638. The molecule has 106 valence electrons. The quantitative estimate of drug-likeness (QED) is 0.707. The van der Waals surface area contributed by atoms with Gasteiger partial charge in [0, 0.05) is 11.0 Å². The fourth-order valence-electron chi connectivity index (χ4n) is 1.90. The van der Waals surface area contributed by atoms with Gasteiger partial charge in [-0.3, -0.25) is 9.48 Å². The van der Waals surface area contributed by atoms with E-state index in [0.29, 0.717) is 17.9 Å². The fraction of sp³-hybridized carbons (Fsp3) is 0.286. The number of hydrogen-bond acceptors (Lipinski definition) is 3. The molecule has 6 heteroatoms. The molecule has 0 unspecified atom stereocenters. The van der Waals surface area contributed by atoms with Crippen LogP contribution in [-0.2, 0) is 13.2 Å². The highest BCUT2D eigenvalue weighted by molar-refractivity contribution is 9.10. The van der Waals surface area contributed by atoms with Crippen molar-refractivity contribution >= 4 is 38.1 Å². The highest BCUT2D eigenvalue weighted by Crippen LogP contribution is 2.25. The molecule has 4 nitrogen and oxygen atoms in total. The van der Waals surface area contributed by atoms with Gasteiger partial charge in [0.25, 0.3) is 0 Å². The van der Waals surface area contributed by atoms with E-state index in [4.69, 9.17) is 4.74 Å². The van der Waals surface area contributed by atoms with Gasteiger partial charge in [0.15, 0.2) is 6.29 Å². The molecule has 0 bridgehead atoms. The Balaban J connectivity index is 2.23. The largest absolute Gasteiger partial charge is 0.487 e. The van der Waals surface area contributed by atoms with Crippen LogP contribution in [0.2, 0.25) is 0 Å². The molecule has 0 saturated carbocycles. The first-order valence-electron chi connectivity index (χ1n) is 6.16. The van der Waals surface area contributed by atoms with Gasteiger partial charge in [-0.25, -0.2) is 0 Å². The van der Waals surface area contributed by atoms with Crippen molar-refractivity contribution in [3.63, 3.8) is 0 Å². The van der Waals surface area contributed by atoms with E-state index in [1.54, 1.807) is 12.1 Å². The summed E-state index contributed by atoms with van der Waals surface area (Å²) in [5.41, 5.74) is 2.41. The SMILES string of the molecule is CCn1nc(C)c(Br)c1COc1ccc(Br)cc1C=O. The van der Waals surface area contributed by atoms with Crippen LogP contribution >= 0.6 is 31.9 Å². The maximum atomic E-state index is 11.1. The third-order valence-corrected chi connectivity index (χ3v) is 4.44. The van der Waals surface area contributed by atoms with Crippen LogP contribution in [0.4, 0.5) is 0 Å². The minimum Gasteiger partial charge on any atom is -0.487 e. The molecule has 0 fully saturated rings. The molecule has 20 heavy (non-hydrogen) atoms. The molecule has 0 aliphatic carbocycles. The Morgan fingerprint density at radius 1 is 1.40 bits per heavy atom. The second-order valence-electron chi connectivity index (χ2n) is 4.25. The first-order valence-corrected chi connectivity index (χ1v) is 7.74. The van der Waals surface area contributed by atoms with E-state index in [2.05, 4.69) is 37.0 Å². The van der Waals surface area contributed by atoms with Gasteiger partial charge in [0.2, 0.25) is 0 Å². The van der Waals surface area contributed by atoms with Gasteiger partial charge in [0.05, 0.1) is 21.4 Å². The zero-order valence-corrected chi connectivity index (χ0v) is 14.4. The van der Waals surface area contributed by atoms with Crippen LogP contribution in [0.15, 0.2) is 27.1 Å². The first-order chi connectivity index (χ1) is 9.56. The highest BCUT2D eigenvalue weighted by atomic mass is 79.9. The standard InChI is InChI=1S/C14H14Br2N2O2/c1-3-18-12(14(16)9(2)17-18)8-20-13-5-4-11(15)6-10(13)7-19/h4-7H,3,8H2,1-2H3. The van der Waals surface area contributed by atoms with Crippen LogP contribution in [0.1, 0.15) is 28.7 Å².